The van der Waals surface area contributed by atoms with Crippen LogP contribution in [0.25, 0.3) is 0 Å². The monoisotopic (exact) mass is 486 g/mol. The van der Waals surface area contributed by atoms with Gasteiger partial charge < -0.3 is 23.7 Å². The molecule has 2 heterocycles. The first-order valence-corrected chi connectivity index (χ1v) is 11.3. The number of anilines is 1. The Morgan fingerprint density at radius 2 is 1.53 bits per heavy atom. The van der Waals surface area contributed by atoms with Crippen molar-refractivity contribution in [1.82, 2.24) is 15.0 Å². The van der Waals surface area contributed by atoms with Gasteiger partial charge in [-0.3, -0.25) is 4.90 Å². The Kier molecular flexibility index (Phi) is 11.2. The van der Waals surface area contributed by atoms with Crippen LogP contribution >= 0.6 is 11.6 Å². The lowest BCUT2D eigenvalue weighted by atomic mass is 10.1. The predicted octanol–water partition coefficient (Wildman–Crippen LogP) is 4.05. The van der Waals surface area contributed by atoms with Gasteiger partial charge >= 0.3 is 6.01 Å². The molecule has 0 radical (unpaired) electrons. The Balaban J connectivity index is 0.000000970. The normalized spacial score (nSPS) is 13.5. The fraction of sp³-hybridized carbons (Fsp3) is 0.360. The number of carbonyl (C=O) groups excluding carboxylic acids is 2. The molecule has 34 heavy (non-hydrogen) atoms. The average molecular weight is 487 g/mol. The van der Waals surface area contributed by atoms with E-state index in [1.54, 1.807) is 0 Å². The number of aromatic nitrogens is 2. The number of ether oxygens (including phenoxy) is 1. The summed E-state index contributed by atoms with van der Waals surface area (Å²) in [5, 5.41) is 4.87. The summed E-state index contributed by atoms with van der Waals surface area (Å²) in [4.78, 5) is 25.2. The predicted molar refractivity (Wildman–Crippen MR) is 132 cm³/mol. The van der Waals surface area contributed by atoms with Gasteiger partial charge in [-0.05, 0) is 49.2 Å². The van der Waals surface area contributed by atoms with Crippen molar-refractivity contribution >= 4 is 31.2 Å². The van der Waals surface area contributed by atoms with Crippen LogP contribution in [0, 0.1) is 0 Å². The minimum atomic E-state index is 0.195. The number of hydrogen-bond acceptors (Lipinski definition) is 8. The fourth-order valence-corrected chi connectivity index (χ4v) is 3.66. The summed E-state index contributed by atoms with van der Waals surface area (Å²) in [5.74, 6) is 1.61. The molecule has 9 heteroatoms. The van der Waals surface area contributed by atoms with E-state index in [9.17, 15) is 0 Å². The van der Waals surface area contributed by atoms with E-state index < -0.39 is 0 Å². The molecule has 0 aliphatic carbocycles. The number of rotatable bonds is 7. The number of halogens is 1. The first kappa shape index (κ1) is 27.0. The first-order valence-electron chi connectivity index (χ1n) is 10.9. The lowest BCUT2D eigenvalue weighted by Gasteiger charge is -2.33. The number of nitrogens with zero attached hydrogens (tertiary/aromatic N) is 4. The SMILES string of the molecule is C=O.C=O.CC(C)Oc1ccc(CN2CCN(c3nc(Cc4ccc(Cl)cc4)no3)CC2)cc1. The molecule has 0 N–H and O–H groups in total. The second kappa shape index (κ2) is 14.1. The summed E-state index contributed by atoms with van der Waals surface area (Å²) in [7, 11) is 0. The van der Waals surface area contributed by atoms with Crippen LogP contribution in [0.2, 0.25) is 5.02 Å². The van der Waals surface area contributed by atoms with E-state index in [4.69, 9.17) is 30.4 Å². The third kappa shape index (κ3) is 8.28. The summed E-state index contributed by atoms with van der Waals surface area (Å²) in [5.41, 5.74) is 2.41. The molecule has 1 fully saturated rings. The topological polar surface area (TPSA) is 88.8 Å². The Bertz CT molecular complexity index is 969. The van der Waals surface area contributed by atoms with Crippen molar-refractivity contribution in [2.24, 2.45) is 0 Å². The zero-order chi connectivity index (χ0) is 24.9. The molecule has 0 atom stereocenters. The molecular weight excluding hydrogens is 456 g/mol. The highest BCUT2D eigenvalue weighted by atomic mass is 35.5. The first-order chi connectivity index (χ1) is 16.5. The molecule has 1 aromatic heterocycles. The van der Waals surface area contributed by atoms with Crippen molar-refractivity contribution in [3.8, 4) is 5.75 Å². The second-order valence-electron chi connectivity index (χ2n) is 7.87. The van der Waals surface area contributed by atoms with Gasteiger partial charge in [-0.1, -0.05) is 41.0 Å². The largest absolute Gasteiger partial charge is 0.491 e. The van der Waals surface area contributed by atoms with Gasteiger partial charge in [0.1, 0.15) is 19.3 Å². The van der Waals surface area contributed by atoms with E-state index in [-0.39, 0.29) is 6.10 Å². The van der Waals surface area contributed by atoms with Gasteiger partial charge in [-0.25, -0.2) is 0 Å². The van der Waals surface area contributed by atoms with E-state index >= 15 is 0 Å². The molecule has 0 saturated carbocycles. The van der Waals surface area contributed by atoms with E-state index in [0.29, 0.717) is 18.3 Å². The van der Waals surface area contributed by atoms with E-state index in [2.05, 4.69) is 32.1 Å². The second-order valence-corrected chi connectivity index (χ2v) is 8.31. The van der Waals surface area contributed by atoms with Crippen LogP contribution in [0.5, 0.6) is 5.75 Å². The van der Waals surface area contributed by atoms with Crippen molar-refractivity contribution in [2.75, 3.05) is 31.1 Å². The minimum Gasteiger partial charge on any atom is -0.491 e. The van der Waals surface area contributed by atoms with Gasteiger partial charge in [0.05, 0.1) is 6.10 Å². The summed E-state index contributed by atoms with van der Waals surface area (Å²) in [6, 6.07) is 16.7. The van der Waals surface area contributed by atoms with Crippen molar-refractivity contribution in [3.05, 3.63) is 70.5 Å². The molecule has 2 aromatic carbocycles. The Hall–Kier alpha value is -3.23. The molecule has 0 unspecified atom stereocenters. The van der Waals surface area contributed by atoms with Crippen LogP contribution < -0.4 is 9.64 Å². The third-order valence-electron chi connectivity index (χ3n) is 5.08. The van der Waals surface area contributed by atoms with Crippen molar-refractivity contribution in [1.29, 1.82) is 0 Å². The molecule has 0 spiro atoms. The van der Waals surface area contributed by atoms with Crippen LogP contribution in [-0.4, -0.2) is 60.9 Å². The molecule has 1 saturated heterocycles. The van der Waals surface area contributed by atoms with Crippen LogP contribution in [0.1, 0.15) is 30.8 Å². The van der Waals surface area contributed by atoms with Crippen LogP contribution in [-0.2, 0) is 22.6 Å². The van der Waals surface area contributed by atoms with E-state index in [1.165, 1.54) is 5.56 Å². The fourth-order valence-electron chi connectivity index (χ4n) is 3.53. The highest BCUT2D eigenvalue weighted by molar-refractivity contribution is 6.30. The molecular formula is C25H31ClN4O4. The molecule has 8 nitrogen and oxygen atoms in total. The van der Waals surface area contributed by atoms with Crippen LogP contribution in [0.3, 0.4) is 0 Å². The summed E-state index contributed by atoms with van der Waals surface area (Å²) < 4.78 is 11.2. The number of carbonyl (C=O) groups is 2. The molecule has 182 valence electrons. The van der Waals surface area contributed by atoms with Crippen molar-refractivity contribution < 1.29 is 18.8 Å². The standard InChI is InChI=1S/C23H27ClN4O2.2CH2O/c1-17(2)29-21-9-5-19(6-10-21)16-27-11-13-28(14-12-27)23-25-22(26-30-23)15-18-3-7-20(24)8-4-18;2*1-2/h3-10,17H,11-16H2,1-2H3;2*1H2. The summed E-state index contributed by atoms with van der Waals surface area (Å²) in [6.45, 7) is 12.7. The summed E-state index contributed by atoms with van der Waals surface area (Å²) >= 11 is 5.94. The van der Waals surface area contributed by atoms with E-state index in [0.717, 1.165) is 49.1 Å². The number of hydrogen-bond donors (Lipinski definition) is 0. The van der Waals surface area contributed by atoms with E-state index in [1.807, 2.05) is 63.8 Å². The zero-order valence-corrected chi connectivity index (χ0v) is 20.4. The third-order valence-corrected chi connectivity index (χ3v) is 5.33. The average Bonchev–Trinajstić information content (AvgIpc) is 3.33. The Labute approximate surface area is 205 Å². The van der Waals surface area contributed by atoms with Gasteiger partial charge in [0, 0.05) is 44.2 Å². The maximum absolute atomic E-state index is 8.00. The Morgan fingerprint density at radius 3 is 2.12 bits per heavy atom. The molecule has 1 aliphatic rings. The van der Waals surface area contributed by atoms with Gasteiger partial charge in [-0.2, -0.15) is 4.98 Å². The zero-order valence-electron chi connectivity index (χ0n) is 19.7. The van der Waals surface area contributed by atoms with Gasteiger partial charge in [0.15, 0.2) is 5.82 Å². The van der Waals surface area contributed by atoms with Gasteiger partial charge in [0.25, 0.3) is 0 Å². The molecule has 4 rings (SSSR count). The maximum Gasteiger partial charge on any atom is 0.324 e. The van der Waals surface area contributed by atoms with Crippen molar-refractivity contribution in [3.63, 3.8) is 0 Å². The Morgan fingerprint density at radius 1 is 0.941 bits per heavy atom. The highest BCUT2D eigenvalue weighted by Gasteiger charge is 2.21. The lowest BCUT2D eigenvalue weighted by molar-refractivity contribution is -0.0987. The molecule has 0 bridgehead atoms. The summed E-state index contributed by atoms with van der Waals surface area (Å²) in [6.07, 6.45) is 0.831. The van der Waals surface area contributed by atoms with Crippen LogP contribution in [0.15, 0.2) is 53.1 Å². The number of piperazine rings is 1. The maximum atomic E-state index is 8.00. The smallest absolute Gasteiger partial charge is 0.324 e. The van der Waals surface area contributed by atoms with Gasteiger partial charge in [0.2, 0.25) is 0 Å². The lowest BCUT2D eigenvalue weighted by Crippen LogP contribution is -2.46. The van der Waals surface area contributed by atoms with Crippen molar-refractivity contribution in [2.45, 2.75) is 32.9 Å². The molecule has 3 aromatic rings. The van der Waals surface area contributed by atoms with Crippen LogP contribution in [0.4, 0.5) is 6.01 Å². The molecule has 1 aliphatic heterocycles. The molecule has 0 amide bonds. The number of benzene rings is 2. The quantitative estimate of drug-likeness (QED) is 0.494. The van der Waals surface area contributed by atoms with Gasteiger partial charge in [-0.15, -0.1) is 0 Å². The minimum absolute atomic E-state index is 0.195. The highest BCUT2D eigenvalue weighted by Crippen LogP contribution is 2.19.